The summed E-state index contributed by atoms with van der Waals surface area (Å²) < 4.78 is 6.93. The number of hydrogen-bond acceptors (Lipinski definition) is 7. The number of fused-ring (bicyclic) bond motifs is 9. The van der Waals surface area contributed by atoms with Gasteiger partial charge >= 0.3 is 0 Å². The van der Waals surface area contributed by atoms with Crippen molar-refractivity contribution in [3.05, 3.63) is 194 Å². The number of rotatable bonds is 6. The van der Waals surface area contributed by atoms with Crippen LogP contribution in [0.2, 0.25) is 0 Å². The van der Waals surface area contributed by atoms with Gasteiger partial charge in [-0.3, -0.25) is 0 Å². The van der Waals surface area contributed by atoms with Gasteiger partial charge in [-0.05, 0) is 42.5 Å². The summed E-state index contributed by atoms with van der Waals surface area (Å²) in [6.07, 6.45) is 0. The summed E-state index contributed by atoms with van der Waals surface area (Å²) in [5, 5.41) is 5.64. The third-order valence-corrected chi connectivity index (χ3v) is 14.2. The molecule has 0 bridgehead atoms. The molecule has 0 saturated carbocycles. The molecule has 0 saturated heterocycles. The first-order chi connectivity index (χ1) is 31.2. The van der Waals surface area contributed by atoms with Crippen LogP contribution in [0.25, 0.3) is 125 Å². The number of thiophene rings is 2. The van der Waals surface area contributed by atoms with Gasteiger partial charge in [-0.2, -0.15) is 0 Å². The minimum absolute atomic E-state index is 0.626. The van der Waals surface area contributed by atoms with Crippen molar-refractivity contribution in [2.75, 3.05) is 0 Å². The molecule has 0 unspecified atom stereocenters. The van der Waals surface area contributed by atoms with Crippen molar-refractivity contribution in [1.82, 2.24) is 29.5 Å². The number of nitrogens with zero attached hydrogens (tertiary/aromatic N) is 6. The van der Waals surface area contributed by atoms with E-state index < -0.39 is 0 Å². The van der Waals surface area contributed by atoms with Crippen LogP contribution >= 0.6 is 22.7 Å². The van der Waals surface area contributed by atoms with Gasteiger partial charge < -0.3 is 4.57 Å². The van der Waals surface area contributed by atoms with E-state index in [2.05, 4.69) is 174 Å². The lowest BCUT2D eigenvalue weighted by atomic mass is 10.0. The van der Waals surface area contributed by atoms with Gasteiger partial charge in [0.1, 0.15) is 0 Å². The molecule has 6 nitrogen and oxygen atoms in total. The molecule has 5 aromatic heterocycles. The summed E-state index contributed by atoms with van der Waals surface area (Å²) in [6.45, 7) is 0. The summed E-state index contributed by atoms with van der Waals surface area (Å²) in [4.78, 5) is 26.4. The number of para-hydroxylation sites is 2. The second kappa shape index (κ2) is 14.3. The van der Waals surface area contributed by atoms with Gasteiger partial charge in [-0.15, -0.1) is 22.7 Å². The fourth-order valence-electron chi connectivity index (χ4n) is 9.06. The van der Waals surface area contributed by atoms with Crippen LogP contribution in [-0.2, 0) is 0 Å². The Hall–Kier alpha value is -7.91. The van der Waals surface area contributed by atoms with Gasteiger partial charge in [0.05, 0.1) is 26.9 Å². The normalized spacial score (nSPS) is 11.8. The highest BCUT2D eigenvalue weighted by Crippen LogP contribution is 2.44. The lowest BCUT2D eigenvalue weighted by Gasteiger charge is -2.11. The Morgan fingerprint density at radius 3 is 1.75 bits per heavy atom. The van der Waals surface area contributed by atoms with Crippen LogP contribution in [0.3, 0.4) is 0 Å². The highest BCUT2D eigenvalue weighted by atomic mass is 32.1. The molecule has 0 amide bonds. The molecule has 0 atom stereocenters. The first-order valence-corrected chi connectivity index (χ1v) is 22.5. The van der Waals surface area contributed by atoms with Crippen molar-refractivity contribution >= 4 is 85.0 Å². The molecular weight excluding hydrogens is 809 g/mol. The second-order valence-electron chi connectivity index (χ2n) is 15.6. The van der Waals surface area contributed by atoms with Crippen LogP contribution in [-0.4, -0.2) is 29.5 Å². The van der Waals surface area contributed by atoms with Crippen molar-refractivity contribution in [3.63, 3.8) is 0 Å². The average Bonchev–Trinajstić information content (AvgIpc) is 4.04. The quantitative estimate of drug-likeness (QED) is 0.167. The molecule has 5 heterocycles. The van der Waals surface area contributed by atoms with Gasteiger partial charge in [-0.1, -0.05) is 152 Å². The predicted octanol–water partition coefficient (Wildman–Crippen LogP) is 14.8. The third kappa shape index (κ3) is 5.80. The minimum Gasteiger partial charge on any atom is -0.309 e. The topological polar surface area (TPSA) is 69.4 Å². The second-order valence-corrected chi connectivity index (χ2v) is 17.7. The smallest absolute Gasteiger partial charge is 0.164 e. The Balaban J connectivity index is 1.01. The fraction of sp³-hybridized carbons (Fsp3) is 0. The zero-order valence-corrected chi connectivity index (χ0v) is 35.1. The summed E-state index contributed by atoms with van der Waals surface area (Å²) in [5.41, 5.74) is 10.2. The van der Waals surface area contributed by atoms with Gasteiger partial charge in [0.2, 0.25) is 0 Å². The van der Waals surface area contributed by atoms with E-state index in [-0.39, 0.29) is 0 Å². The van der Waals surface area contributed by atoms with Crippen LogP contribution < -0.4 is 0 Å². The van der Waals surface area contributed by atoms with E-state index in [1.807, 2.05) is 24.3 Å². The van der Waals surface area contributed by atoms with Gasteiger partial charge in [0.15, 0.2) is 23.3 Å². The van der Waals surface area contributed by atoms with E-state index >= 15 is 0 Å². The van der Waals surface area contributed by atoms with Crippen molar-refractivity contribution in [3.8, 4) is 62.5 Å². The average molecular weight is 841 g/mol. The molecule has 0 spiro atoms. The Bertz CT molecular complexity index is 3910. The molecule has 8 aromatic carbocycles. The van der Waals surface area contributed by atoms with E-state index in [1.54, 1.807) is 22.7 Å². The third-order valence-electron chi connectivity index (χ3n) is 11.9. The SMILES string of the molecule is c1ccc(-c2nc(-c3cccc4sc5cc(-c6nc(-c7ccccc7)c7sc8ccccc8c7n6)ccc5c34)nc(-c3cccc4c3c3ccccc3n4-c3ccccc3)n2)cc1. The lowest BCUT2D eigenvalue weighted by molar-refractivity contribution is 1.08. The van der Waals surface area contributed by atoms with Crippen LogP contribution in [0.5, 0.6) is 0 Å². The Labute approximate surface area is 369 Å². The summed E-state index contributed by atoms with van der Waals surface area (Å²) >= 11 is 3.52. The molecule has 0 N–H and O–H groups in total. The van der Waals surface area contributed by atoms with Crippen LogP contribution in [0.4, 0.5) is 0 Å². The van der Waals surface area contributed by atoms with Crippen LogP contribution in [0.1, 0.15) is 0 Å². The highest BCUT2D eigenvalue weighted by Gasteiger charge is 2.22. The molecule has 0 radical (unpaired) electrons. The molecule has 8 heteroatoms. The molecule has 0 fully saturated rings. The molecular formula is C55H32N6S2. The highest BCUT2D eigenvalue weighted by molar-refractivity contribution is 7.26. The largest absolute Gasteiger partial charge is 0.309 e. The summed E-state index contributed by atoms with van der Waals surface area (Å²) in [6, 6.07) is 67.8. The first kappa shape index (κ1) is 35.8. The van der Waals surface area contributed by atoms with Crippen LogP contribution in [0.15, 0.2) is 194 Å². The van der Waals surface area contributed by atoms with Gasteiger partial charge in [0, 0.05) is 74.5 Å². The van der Waals surface area contributed by atoms with Crippen molar-refractivity contribution in [2.45, 2.75) is 0 Å². The Morgan fingerprint density at radius 2 is 0.952 bits per heavy atom. The molecule has 13 rings (SSSR count). The summed E-state index contributed by atoms with van der Waals surface area (Å²) in [7, 11) is 0. The number of benzene rings is 8. The zero-order valence-electron chi connectivity index (χ0n) is 33.5. The van der Waals surface area contributed by atoms with E-state index in [9.17, 15) is 0 Å². The van der Waals surface area contributed by atoms with E-state index in [0.717, 1.165) is 96.8 Å². The Morgan fingerprint density at radius 1 is 0.349 bits per heavy atom. The predicted molar refractivity (Wildman–Crippen MR) is 263 cm³/mol. The molecule has 0 aliphatic carbocycles. The van der Waals surface area contributed by atoms with Crippen LogP contribution in [0, 0.1) is 0 Å². The van der Waals surface area contributed by atoms with Crippen molar-refractivity contribution in [1.29, 1.82) is 0 Å². The van der Waals surface area contributed by atoms with Crippen molar-refractivity contribution < 1.29 is 0 Å². The first-order valence-electron chi connectivity index (χ1n) is 20.8. The summed E-state index contributed by atoms with van der Waals surface area (Å²) in [5.74, 6) is 2.59. The number of hydrogen-bond donors (Lipinski definition) is 0. The van der Waals surface area contributed by atoms with Gasteiger partial charge in [-0.25, -0.2) is 24.9 Å². The molecule has 13 aromatic rings. The maximum absolute atomic E-state index is 5.38. The molecule has 294 valence electrons. The molecule has 0 aliphatic rings. The van der Waals surface area contributed by atoms with E-state index in [4.69, 9.17) is 24.9 Å². The molecule has 0 aliphatic heterocycles. The fourth-order valence-corrected chi connectivity index (χ4v) is 11.4. The van der Waals surface area contributed by atoms with E-state index in [1.165, 1.54) is 4.70 Å². The van der Waals surface area contributed by atoms with Gasteiger partial charge in [0.25, 0.3) is 0 Å². The standard InChI is InChI=1S/C55H32N6S2/c1-4-16-33(17-5-1)49-51-50(39-23-11-13-28-44(39)63-51)57-53(56-49)35-30-31-38-46(32-35)62-45-29-15-25-41(48(38)45)55-59-52(34-18-6-2-7-19-34)58-54(60-55)40-24-14-27-43-47(40)37-22-10-12-26-42(37)61(43)36-20-8-3-9-21-36/h1-32H. The maximum Gasteiger partial charge on any atom is 0.164 e. The molecule has 63 heavy (non-hydrogen) atoms. The van der Waals surface area contributed by atoms with E-state index in [0.29, 0.717) is 23.3 Å². The maximum atomic E-state index is 5.38. The minimum atomic E-state index is 0.626. The Kier molecular flexibility index (Phi) is 8.15. The lowest BCUT2D eigenvalue weighted by Crippen LogP contribution is -2.01. The monoisotopic (exact) mass is 840 g/mol. The van der Waals surface area contributed by atoms with Crippen molar-refractivity contribution in [2.24, 2.45) is 0 Å². The zero-order chi connectivity index (χ0) is 41.4. The number of aromatic nitrogens is 6.